The van der Waals surface area contributed by atoms with Gasteiger partial charge in [0.25, 0.3) is 0 Å². The fraction of sp³-hybridized carbons (Fsp3) is 0.500. The van der Waals surface area contributed by atoms with Crippen molar-refractivity contribution in [1.82, 2.24) is 4.90 Å². The highest BCUT2D eigenvalue weighted by atomic mass is 19.1. The molecule has 0 aliphatic carbocycles. The van der Waals surface area contributed by atoms with Crippen LogP contribution in [0, 0.1) is 11.7 Å². The van der Waals surface area contributed by atoms with Gasteiger partial charge in [-0.05, 0) is 13.1 Å². The molecule has 1 aromatic rings. The smallest absolute Gasteiger partial charge is 0.309 e. The summed E-state index contributed by atoms with van der Waals surface area (Å²) in [4.78, 5) is 13.2. The highest BCUT2D eigenvalue weighted by molar-refractivity contribution is 5.72. The van der Waals surface area contributed by atoms with Gasteiger partial charge in [0.15, 0.2) is 11.6 Å². The first-order valence-corrected chi connectivity index (χ1v) is 6.07. The van der Waals surface area contributed by atoms with Gasteiger partial charge in [0.05, 0.1) is 20.1 Å². The molecule has 0 radical (unpaired) electrons. The van der Waals surface area contributed by atoms with Gasteiger partial charge in [-0.2, -0.15) is 0 Å². The maximum absolute atomic E-state index is 14.0. The first kappa shape index (κ1) is 15.4. The van der Waals surface area contributed by atoms with Crippen LogP contribution in [0.4, 0.5) is 4.39 Å². The van der Waals surface area contributed by atoms with Crippen molar-refractivity contribution >= 4 is 5.97 Å². The van der Waals surface area contributed by atoms with E-state index in [-0.39, 0.29) is 23.5 Å². The molecule has 0 N–H and O–H groups in total. The molecule has 1 atom stereocenters. The van der Waals surface area contributed by atoms with Crippen molar-refractivity contribution < 1.29 is 18.7 Å². The molecule has 106 valence electrons. The lowest BCUT2D eigenvalue weighted by atomic mass is 10.1. The molecule has 0 aliphatic heterocycles. The zero-order valence-corrected chi connectivity index (χ0v) is 11.8. The van der Waals surface area contributed by atoms with Gasteiger partial charge in [-0.25, -0.2) is 4.39 Å². The number of ether oxygens (including phenoxy) is 2. The molecule has 19 heavy (non-hydrogen) atoms. The number of nitrogens with zero attached hydrogens (tertiary/aromatic N) is 1. The summed E-state index contributed by atoms with van der Waals surface area (Å²) >= 11 is 0. The van der Waals surface area contributed by atoms with Crippen molar-refractivity contribution in [2.75, 3.05) is 27.8 Å². The topological polar surface area (TPSA) is 38.8 Å². The van der Waals surface area contributed by atoms with Gasteiger partial charge >= 0.3 is 5.97 Å². The van der Waals surface area contributed by atoms with Gasteiger partial charge in [-0.1, -0.05) is 19.1 Å². The van der Waals surface area contributed by atoms with E-state index in [1.165, 1.54) is 14.2 Å². The van der Waals surface area contributed by atoms with Gasteiger partial charge in [0.2, 0.25) is 0 Å². The number of hydrogen-bond acceptors (Lipinski definition) is 4. The SMILES string of the molecule is COC(=O)C(C)CN(C)Cc1cccc(OC)c1F. The third-order valence-corrected chi connectivity index (χ3v) is 2.89. The molecule has 0 heterocycles. The Hall–Kier alpha value is -1.62. The summed E-state index contributed by atoms with van der Waals surface area (Å²) in [5.74, 6) is -0.642. The Morgan fingerprint density at radius 1 is 1.42 bits per heavy atom. The Labute approximate surface area is 113 Å². The number of carbonyl (C=O) groups excluding carboxylic acids is 1. The van der Waals surface area contributed by atoms with Crippen LogP contribution in [0.1, 0.15) is 12.5 Å². The van der Waals surface area contributed by atoms with Crippen molar-refractivity contribution in [2.24, 2.45) is 5.92 Å². The van der Waals surface area contributed by atoms with Crippen molar-refractivity contribution in [3.05, 3.63) is 29.6 Å². The van der Waals surface area contributed by atoms with Gasteiger partial charge in [-0.3, -0.25) is 4.79 Å². The number of esters is 1. The molecule has 1 unspecified atom stereocenters. The molecule has 0 bridgehead atoms. The standard InChI is InChI=1S/C14H20FNO3/c1-10(14(17)19-4)8-16(2)9-11-6-5-7-12(18-3)13(11)15/h5-7,10H,8-9H2,1-4H3. The minimum Gasteiger partial charge on any atom is -0.494 e. The second kappa shape index (κ2) is 7.09. The van der Waals surface area contributed by atoms with Crippen molar-refractivity contribution in [3.8, 4) is 5.75 Å². The summed E-state index contributed by atoms with van der Waals surface area (Å²) in [7, 11) is 4.63. The van der Waals surface area contributed by atoms with Crippen LogP contribution in [0.25, 0.3) is 0 Å². The molecular formula is C14H20FNO3. The minimum atomic E-state index is -0.359. The molecule has 5 heteroatoms. The lowest BCUT2D eigenvalue weighted by molar-refractivity contribution is -0.145. The second-order valence-corrected chi connectivity index (χ2v) is 4.55. The van der Waals surface area contributed by atoms with Crippen LogP contribution in [0.5, 0.6) is 5.75 Å². The quantitative estimate of drug-likeness (QED) is 0.741. The Kier molecular flexibility index (Phi) is 5.76. The summed E-state index contributed by atoms with van der Waals surface area (Å²) < 4.78 is 23.6. The van der Waals surface area contributed by atoms with E-state index in [4.69, 9.17) is 4.74 Å². The number of carbonyl (C=O) groups is 1. The molecule has 0 aliphatic rings. The minimum absolute atomic E-state index is 0.229. The summed E-state index contributed by atoms with van der Waals surface area (Å²) in [5, 5.41) is 0. The fourth-order valence-electron chi connectivity index (χ4n) is 1.93. The lowest BCUT2D eigenvalue weighted by Crippen LogP contribution is -2.29. The van der Waals surface area contributed by atoms with Crippen LogP contribution < -0.4 is 4.74 Å². The normalized spacial score (nSPS) is 12.3. The van der Waals surface area contributed by atoms with E-state index in [1.54, 1.807) is 25.1 Å². The van der Waals surface area contributed by atoms with Crippen LogP contribution in [0.15, 0.2) is 18.2 Å². The second-order valence-electron chi connectivity index (χ2n) is 4.55. The van der Waals surface area contributed by atoms with Gasteiger partial charge in [0, 0.05) is 18.7 Å². The molecule has 1 rings (SSSR count). The van der Waals surface area contributed by atoms with E-state index < -0.39 is 0 Å². The van der Waals surface area contributed by atoms with E-state index in [9.17, 15) is 9.18 Å². The Morgan fingerprint density at radius 2 is 2.11 bits per heavy atom. The maximum atomic E-state index is 14.0. The molecule has 1 aromatic carbocycles. The van der Waals surface area contributed by atoms with E-state index >= 15 is 0 Å². The predicted molar refractivity (Wildman–Crippen MR) is 70.5 cm³/mol. The summed E-state index contributed by atoms with van der Waals surface area (Å²) in [6, 6.07) is 5.03. The maximum Gasteiger partial charge on any atom is 0.309 e. The summed E-state index contributed by atoms with van der Waals surface area (Å²) in [6.45, 7) is 2.69. The molecule has 0 saturated heterocycles. The van der Waals surface area contributed by atoms with Gasteiger partial charge < -0.3 is 14.4 Å². The average Bonchev–Trinajstić information content (AvgIpc) is 2.40. The summed E-state index contributed by atoms with van der Waals surface area (Å²) in [5.41, 5.74) is 0.541. The van der Waals surface area contributed by atoms with Crippen LogP contribution in [0.3, 0.4) is 0 Å². The first-order valence-electron chi connectivity index (χ1n) is 6.07. The molecule has 0 aromatic heterocycles. The van der Waals surface area contributed by atoms with E-state index in [0.29, 0.717) is 18.7 Å². The van der Waals surface area contributed by atoms with Crippen LogP contribution >= 0.6 is 0 Å². The monoisotopic (exact) mass is 269 g/mol. The van der Waals surface area contributed by atoms with Crippen molar-refractivity contribution in [3.63, 3.8) is 0 Å². The molecular weight excluding hydrogens is 249 g/mol. The molecule has 0 saturated carbocycles. The molecule has 0 amide bonds. The number of hydrogen-bond donors (Lipinski definition) is 0. The third-order valence-electron chi connectivity index (χ3n) is 2.89. The van der Waals surface area contributed by atoms with E-state index in [0.717, 1.165) is 0 Å². The van der Waals surface area contributed by atoms with E-state index in [2.05, 4.69) is 4.74 Å². The van der Waals surface area contributed by atoms with E-state index in [1.807, 2.05) is 11.9 Å². The molecule has 4 nitrogen and oxygen atoms in total. The highest BCUT2D eigenvalue weighted by Crippen LogP contribution is 2.21. The summed E-state index contributed by atoms with van der Waals surface area (Å²) in [6.07, 6.45) is 0. The first-order chi connectivity index (χ1) is 8.99. The lowest BCUT2D eigenvalue weighted by Gasteiger charge is -2.20. The number of rotatable bonds is 6. The Morgan fingerprint density at radius 3 is 2.68 bits per heavy atom. The number of halogens is 1. The molecule has 0 fully saturated rings. The average molecular weight is 269 g/mol. The fourth-order valence-corrected chi connectivity index (χ4v) is 1.93. The number of benzene rings is 1. The zero-order chi connectivity index (χ0) is 14.4. The van der Waals surface area contributed by atoms with Crippen molar-refractivity contribution in [1.29, 1.82) is 0 Å². The zero-order valence-electron chi connectivity index (χ0n) is 11.8. The van der Waals surface area contributed by atoms with Gasteiger partial charge in [-0.15, -0.1) is 0 Å². The van der Waals surface area contributed by atoms with Crippen LogP contribution in [-0.4, -0.2) is 38.7 Å². The van der Waals surface area contributed by atoms with Crippen LogP contribution in [0.2, 0.25) is 0 Å². The Bertz CT molecular complexity index is 437. The Balaban J connectivity index is 2.67. The molecule has 0 spiro atoms. The highest BCUT2D eigenvalue weighted by Gasteiger charge is 2.17. The van der Waals surface area contributed by atoms with Crippen molar-refractivity contribution in [2.45, 2.75) is 13.5 Å². The third kappa shape index (κ3) is 4.21. The van der Waals surface area contributed by atoms with Gasteiger partial charge in [0.1, 0.15) is 0 Å². The largest absolute Gasteiger partial charge is 0.494 e. The predicted octanol–water partition coefficient (Wildman–Crippen LogP) is 2.08. The van der Waals surface area contributed by atoms with Crippen LogP contribution in [-0.2, 0) is 16.1 Å². The number of methoxy groups -OCH3 is 2.